The molecule has 1 aliphatic heterocycles. The molecule has 0 amide bonds. The lowest BCUT2D eigenvalue weighted by Crippen LogP contribution is -1.98. The second-order valence-corrected chi connectivity index (χ2v) is 6.33. The van der Waals surface area contributed by atoms with Crippen LogP contribution in [-0.4, -0.2) is 5.78 Å². The maximum atomic E-state index is 13.7. The van der Waals surface area contributed by atoms with Crippen molar-refractivity contribution in [3.8, 4) is 11.5 Å². The van der Waals surface area contributed by atoms with Crippen LogP contribution in [0.15, 0.2) is 72.5 Å². The summed E-state index contributed by atoms with van der Waals surface area (Å²) in [5.74, 6) is 0.779. The molecule has 134 valence electrons. The monoisotopic (exact) mass is 360 g/mol. The van der Waals surface area contributed by atoms with E-state index in [1.165, 1.54) is 6.07 Å². The normalized spacial score (nSPS) is 14.1. The first kappa shape index (κ1) is 17.0. The number of rotatable bonds is 4. The first-order valence-corrected chi connectivity index (χ1v) is 8.62. The van der Waals surface area contributed by atoms with Crippen molar-refractivity contribution < 1.29 is 18.7 Å². The van der Waals surface area contributed by atoms with E-state index in [0.29, 0.717) is 22.6 Å². The van der Waals surface area contributed by atoms with E-state index in [9.17, 15) is 9.18 Å². The summed E-state index contributed by atoms with van der Waals surface area (Å²) >= 11 is 0. The number of carbonyl (C=O) groups is 1. The van der Waals surface area contributed by atoms with Crippen LogP contribution in [0.1, 0.15) is 27.0 Å². The molecular formula is C23H17FO3. The SMILES string of the molecule is Cc1ccccc1/C=C1\Oc2cc(OCc3ccccc3F)ccc2C1=O. The van der Waals surface area contributed by atoms with Gasteiger partial charge in [-0.15, -0.1) is 0 Å². The predicted octanol–water partition coefficient (Wildman–Crippen LogP) is 5.33. The lowest BCUT2D eigenvalue weighted by molar-refractivity contribution is 0.101. The van der Waals surface area contributed by atoms with Gasteiger partial charge in [-0.25, -0.2) is 4.39 Å². The molecule has 0 fully saturated rings. The number of ether oxygens (including phenoxy) is 2. The second kappa shape index (κ2) is 7.08. The Hall–Kier alpha value is -3.40. The van der Waals surface area contributed by atoms with Gasteiger partial charge in [0.2, 0.25) is 5.78 Å². The van der Waals surface area contributed by atoms with Crippen LogP contribution in [0, 0.1) is 12.7 Å². The molecule has 0 spiro atoms. The van der Waals surface area contributed by atoms with Gasteiger partial charge < -0.3 is 9.47 Å². The number of fused-ring (bicyclic) bond motifs is 1. The zero-order valence-electron chi connectivity index (χ0n) is 14.7. The van der Waals surface area contributed by atoms with Gasteiger partial charge in [0.25, 0.3) is 0 Å². The number of carbonyl (C=O) groups excluding carboxylic acids is 1. The molecule has 3 aromatic rings. The van der Waals surface area contributed by atoms with Crippen molar-refractivity contribution >= 4 is 11.9 Å². The van der Waals surface area contributed by atoms with Gasteiger partial charge >= 0.3 is 0 Å². The Balaban J connectivity index is 1.54. The molecule has 0 bridgehead atoms. The molecule has 0 saturated heterocycles. The van der Waals surface area contributed by atoms with Crippen LogP contribution in [0.3, 0.4) is 0 Å². The third-order valence-electron chi connectivity index (χ3n) is 4.47. The fraction of sp³-hybridized carbons (Fsp3) is 0.0870. The highest BCUT2D eigenvalue weighted by molar-refractivity contribution is 6.14. The first-order valence-electron chi connectivity index (χ1n) is 8.62. The van der Waals surface area contributed by atoms with Gasteiger partial charge in [0.05, 0.1) is 5.56 Å². The minimum Gasteiger partial charge on any atom is -0.489 e. The molecule has 1 heterocycles. The van der Waals surface area contributed by atoms with Crippen LogP contribution >= 0.6 is 0 Å². The Morgan fingerprint density at radius 3 is 2.63 bits per heavy atom. The van der Waals surface area contributed by atoms with Gasteiger partial charge in [0, 0.05) is 11.6 Å². The Labute approximate surface area is 156 Å². The maximum Gasteiger partial charge on any atom is 0.231 e. The summed E-state index contributed by atoms with van der Waals surface area (Å²) in [6, 6.07) is 19.3. The lowest BCUT2D eigenvalue weighted by atomic mass is 10.1. The van der Waals surface area contributed by atoms with Crippen LogP contribution < -0.4 is 9.47 Å². The molecule has 0 aromatic heterocycles. The smallest absolute Gasteiger partial charge is 0.231 e. The van der Waals surface area contributed by atoms with Gasteiger partial charge in [-0.2, -0.15) is 0 Å². The van der Waals surface area contributed by atoms with E-state index in [0.717, 1.165) is 11.1 Å². The van der Waals surface area contributed by atoms with Crippen molar-refractivity contribution in [2.24, 2.45) is 0 Å². The number of halogens is 1. The van der Waals surface area contributed by atoms with E-state index in [1.807, 2.05) is 31.2 Å². The van der Waals surface area contributed by atoms with Crippen LogP contribution in [0.2, 0.25) is 0 Å². The number of benzene rings is 3. The van der Waals surface area contributed by atoms with Crippen molar-refractivity contribution in [1.29, 1.82) is 0 Å². The lowest BCUT2D eigenvalue weighted by Gasteiger charge is -2.08. The topological polar surface area (TPSA) is 35.5 Å². The molecular weight excluding hydrogens is 343 g/mol. The zero-order valence-corrected chi connectivity index (χ0v) is 14.7. The Kier molecular flexibility index (Phi) is 4.47. The van der Waals surface area contributed by atoms with Crippen molar-refractivity contribution in [1.82, 2.24) is 0 Å². The summed E-state index contributed by atoms with van der Waals surface area (Å²) in [6.45, 7) is 2.08. The number of aryl methyl sites for hydroxylation is 1. The van der Waals surface area contributed by atoms with Gasteiger partial charge in [0.15, 0.2) is 5.76 Å². The van der Waals surface area contributed by atoms with Gasteiger partial charge in [-0.3, -0.25) is 4.79 Å². The summed E-state index contributed by atoms with van der Waals surface area (Å²) in [5.41, 5.74) is 2.96. The number of Topliss-reactive ketones (excluding diaryl/α,β-unsaturated/α-hetero) is 1. The minimum atomic E-state index is -0.312. The van der Waals surface area contributed by atoms with E-state index in [4.69, 9.17) is 9.47 Å². The molecule has 0 atom stereocenters. The van der Waals surface area contributed by atoms with E-state index in [2.05, 4.69) is 0 Å². The molecule has 0 unspecified atom stereocenters. The highest BCUT2D eigenvalue weighted by atomic mass is 19.1. The van der Waals surface area contributed by atoms with E-state index < -0.39 is 0 Å². The summed E-state index contributed by atoms with van der Waals surface area (Å²) < 4.78 is 25.1. The van der Waals surface area contributed by atoms with Crippen LogP contribution in [0.5, 0.6) is 11.5 Å². The maximum absolute atomic E-state index is 13.7. The summed E-state index contributed by atoms with van der Waals surface area (Å²) in [7, 11) is 0. The molecule has 0 N–H and O–H groups in total. The Bertz CT molecular complexity index is 1050. The number of ketones is 1. The van der Waals surface area contributed by atoms with E-state index in [-0.39, 0.29) is 24.0 Å². The van der Waals surface area contributed by atoms with E-state index in [1.54, 1.807) is 42.5 Å². The van der Waals surface area contributed by atoms with Gasteiger partial charge in [0.1, 0.15) is 23.9 Å². The van der Waals surface area contributed by atoms with Gasteiger partial charge in [-0.05, 0) is 42.3 Å². The van der Waals surface area contributed by atoms with Crippen LogP contribution in [-0.2, 0) is 6.61 Å². The average Bonchev–Trinajstić information content (AvgIpc) is 2.98. The molecule has 1 aliphatic rings. The fourth-order valence-corrected chi connectivity index (χ4v) is 2.92. The number of hydrogen-bond acceptors (Lipinski definition) is 3. The minimum absolute atomic E-state index is 0.102. The molecule has 0 radical (unpaired) electrons. The second-order valence-electron chi connectivity index (χ2n) is 6.33. The van der Waals surface area contributed by atoms with Crippen molar-refractivity contribution in [2.75, 3.05) is 0 Å². The van der Waals surface area contributed by atoms with Crippen LogP contribution in [0.25, 0.3) is 6.08 Å². The molecule has 4 rings (SSSR count). The standard InChI is InChI=1S/C23H17FO3/c1-15-6-2-3-7-16(15)12-22-23(25)19-11-10-18(13-21(19)27-22)26-14-17-8-4-5-9-20(17)24/h2-13H,14H2,1H3/b22-12-. The summed E-state index contributed by atoms with van der Waals surface area (Å²) in [6.07, 6.45) is 1.75. The third kappa shape index (κ3) is 3.47. The number of hydrogen-bond donors (Lipinski definition) is 0. The summed E-state index contributed by atoms with van der Waals surface area (Å²) in [5, 5.41) is 0. The highest BCUT2D eigenvalue weighted by Gasteiger charge is 2.27. The van der Waals surface area contributed by atoms with Crippen molar-refractivity contribution in [2.45, 2.75) is 13.5 Å². The Morgan fingerprint density at radius 1 is 1.04 bits per heavy atom. The summed E-state index contributed by atoms with van der Waals surface area (Å²) in [4.78, 5) is 12.6. The number of allylic oxidation sites excluding steroid dienone is 1. The van der Waals surface area contributed by atoms with Gasteiger partial charge in [-0.1, -0.05) is 42.5 Å². The first-order chi connectivity index (χ1) is 13.1. The third-order valence-corrected chi connectivity index (χ3v) is 4.47. The molecule has 27 heavy (non-hydrogen) atoms. The molecule has 3 aromatic carbocycles. The average molecular weight is 360 g/mol. The largest absolute Gasteiger partial charge is 0.489 e. The van der Waals surface area contributed by atoms with E-state index >= 15 is 0 Å². The molecule has 4 heteroatoms. The highest BCUT2D eigenvalue weighted by Crippen LogP contribution is 2.35. The molecule has 3 nitrogen and oxygen atoms in total. The van der Waals surface area contributed by atoms with Crippen molar-refractivity contribution in [3.05, 3.63) is 101 Å². The predicted molar refractivity (Wildman–Crippen MR) is 101 cm³/mol. The zero-order chi connectivity index (χ0) is 18.8. The molecule has 0 saturated carbocycles. The quantitative estimate of drug-likeness (QED) is 0.590. The fourth-order valence-electron chi connectivity index (χ4n) is 2.92. The molecule has 0 aliphatic carbocycles. The van der Waals surface area contributed by atoms with Crippen molar-refractivity contribution in [3.63, 3.8) is 0 Å². The van der Waals surface area contributed by atoms with Crippen LogP contribution in [0.4, 0.5) is 4.39 Å². The Morgan fingerprint density at radius 2 is 1.81 bits per heavy atom.